The van der Waals surface area contributed by atoms with Gasteiger partial charge < -0.3 is 10.1 Å². The fourth-order valence-corrected chi connectivity index (χ4v) is 3.51. The van der Waals surface area contributed by atoms with Crippen LogP contribution in [-0.2, 0) is 4.84 Å². The van der Waals surface area contributed by atoms with Crippen LogP contribution in [0.2, 0.25) is 0 Å². The summed E-state index contributed by atoms with van der Waals surface area (Å²) in [6.07, 6.45) is 0. The van der Waals surface area contributed by atoms with E-state index in [9.17, 15) is 27.2 Å². The zero-order valence-electron chi connectivity index (χ0n) is 21.8. The topological polar surface area (TPSA) is 89.5 Å². The van der Waals surface area contributed by atoms with E-state index in [0.717, 1.165) is 24.3 Å². The van der Waals surface area contributed by atoms with Crippen LogP contribution < -0.4 is 15.5 Å². The first-order valence-corrected chi connectivity index (χ1v) is 9.22. The number of nitrogens with one attached hydrogen (secondary N) is 2. The lowest BCUT2D eigenvalue weighted by Gasteiger charge is -2.13. The quantitative estimate of drug-likeness (QED) is 0.317. The largest absolute Gasteiger partial charge is 0.497 e. The van der Waals surface area contributed by atoms with Crippen LogP contribution in [0.15, 0.2) is 24.3 Å². The number of thiazole rings is 1. The summed E-state index contributed by atoms with van der Waals surface area (Å²) in [6.45, 7) is 1.35. The number of anilines is 1. The number of amides is 2. The minimum Gasteiger partial charge on any atom is -0.497 e. The summed E-state index contributed by atoms with van der Waals surface area (Å²) in [4.78, 5) is 32.3. The Morgan fingerprint density at radius 2 is 1.78 bits per heavy atom. The van der Waals surface area contributed by atoms with Crippen molar-refractivity contribution in [2.24, 2.45) is 0 Å². The molecule has 0 atom stereocenters. The maximum Gasteiger partial charge on any atom is 0.287 e. The summed E-state index contributed by atoms with van der Waals surface area (Å²) < 4.78 is 106. The fourth-order valence-electron chi connectivity index (χ4n) is 2.71. The van der Waals surface area contributed by atoms with Crippen molar-refractivity contribution in [3.63, 3.8) is 0 Å². The van der Waals surface area contributed by atoms with Gasteiger partial charge in [-0.2, -0.15) is 0 Å². The van der Waals surface area contributed by atoms with Gasteiger partial charge in [0.2, 0.25) is 0 Å². The highest BCUT2D eigenvalue weighted by Gasteiger charge is 2.30. The van der Waals surface area contributed by atoms with E-state index >= 15 is 0 Å². The maximum absolute atomic E-state index is 14.9. The van der Waals surface area contributed by atoms with E-state index in [1.807, 2.05) is 0 Å². The second-order valence-corrected chi connectivity index (χ2v) is 7.24. The summed E-state index contributed by atoms with van der Waals surface area (Å²) in [5, 5.41) is 1.72. The van der Waals surface area contributed by atoms with Gasteiger partial charge in [-0.15, -0.1) is 11.3 Å². The van der Waals surface area contributed by atoms with E-state index in [1.54, 1.807) is 10.8 Å². The number of halogens is 4. The third kappa shape index (κ3) is 4.27. The van der Waals surface area contributed by atoms with Crippen LogP contribution in [0.1, 0.15) is 33.4 Å². The molecule has 0 radical (unpaired) electrons. The Kier molecular flexibility index (Phi) is 4.71. The number of carbonyl (C=O) groups excluding carboxylic acids is 2. The lowest BCUT2D eigenvalue weighted by molar-refractivity contribution is 0.0539. The molecule has 0 saturated carbocycles. The van der Waals surface area contributed by atoms with Crippen LogP contribution in [-0.4, -0.2) is 30.9 Å². The van der Waals surface area contributed by atoms with Crippen molar-refractivity contribution in [3.05, 3.63) is 63.1 Å². The molecule has 0 saturated heterocycles. The Hall–Kier alpha value is -3.51. The molecule has 0 fully saturated rings. The van der Waals surface area contributed by atoms with Gasteiger partial charge in [-0.25, -0.2) is 28.0 Å². The number of benzene rings is 2. The van der Waals surface area contributed by atoms with Gasteiger partial charge in [-0.3, -0.25) is 14.4 Å². The third-order valence-corrected chi connectivity index (χ3v) is 5.01. The van der Waals surface area contributed by atoms with E-state index in [-0.39, 0.29) is 10.8 Å². The predicted molar refractivity (Wildman–Crippen MR) is 108 cm³/mol. The molecule has 0 spiro atoms. The Balaban J connectivity index is 1.97. The van der Waals surface area contributed by atoms with E-state index in [2.05, 4.69) is 14.6 Å². The molecule has 2 amide bonds. The maximum atomic E-state index is 14.9. The second-order valence-electron chi connectivity index (χ2n) is 6.03. The smallest absolute Gasteiger partial charge is 0.287 e. The Morgan fingerprint density at radius 3 is 2.44 bits per heavy atom. The number of ether oxygens (including phenoxy) is 1. The van der Waals surface area contributed by atoms with Gasteiger partial charge in [-0.1, -0.05) is 12.1 Å². The highest BCUT2D eigenvalue weighted by molar-refractivity contribution is 7.14. The molecule has 0 aliphatic rings. The summed E-state index contributed by atoms with van der Waals surface area (Å²) in [5.74, 6) is -10.9. The molecule has 7 nitrogen and oxygen atoms in total. The highest BCUT2D eigenvalue weighted by Crippen LogP contribution is 2.36. The molecule has 12 heteroatoms. The standard InChI is InChI=1S/C20H15F4N3O4S/c1-8-25-17(18(32-8)20(29)27-31-3)19(28)26-16-14(23)12(21)11(13(22)15(16)24)9-5-4-6-10(7-9)30-2/h4-7H,1-3H3,(H,26,28)(H,27,29)/i2D3,3D3. The molecule has 2 N–H and O–H groups in total. The van der Waals surface area contributed by atoms with Crippen LogP contribution >= 0.6 is 11.3 Å². The number of carbonyl (C=O) groups is 2. The highest BCUT2D eigenvalue weighted by atomic mass is 32.1. The van der Waals surface area contributed by atoms with Gasteiger partial charge in [0.15, 0.2) is 29.0 Å². The van der Waals surface area contributed by atoms with Gasteiger partial charge in [0.1, 0.15) is 16.3 Å². The molecule has 0 aliphatic carbocycles. The minimum atomic E-state index is -3.03. The number of aromatic nitrogens is 1. The van der Waals surface area contributed by atoms with Crippen molar-refractivity contribution >= 4 is 28.8 Å². The van der Waals surface area contributed by atoms with Crippen LogP contribution in [0.25, 0.3) is 11.1 Å². The fraction of sp³-hybridized carbons (Fsp3) is 0.150. The number of hydrogen-bond donors (Lipinski definition) is 2. The lowest BCUT2D eigenvalue weighted by Crippen LogP contribution is -2.25. The monoisotopic (exact) mass is 475 g/mol. The van der Waals surface area contributed by atoms with Gasteiger partial charge in [-0.05, 0) is 24.6 Å². The number of hydrogen-bond acceptors (Lipinski definition) is 6. The van der Waals surface area contributed by atoms with Crippen molar-refractivity contribution in [3.8, 4) is 16.9 Å². The normalized spacial score (nSPS) is 14.3. The van der Waals surface area contributed by atoms with E-state index in [1.165, 1.54) is 6.92 Å². The summed E-state index contributed by atoms with van der Waals surface area (Å²) in [7, 11) is -5.94. The number of hydroxylamine groups is 1. The van der Waals surface area contributed by atoms with Crippen molar-refractivity contribution in [1.29, 1.82) is 0 Å². The lowest BCUT2D eigenvalue weighted by atomic mass is 10.0. The average Bonchev–Trinajstić information content (AvgIpc) is 3.19. The van der Waals surface area contributed by atoms with E-state index < -0.39 is 76.5 Å². The predicted octanol–water partition coefficient (Wildman–Crippen LogP) is 4.23. The first-order valence-electron chi connectivity index (χ1n) is 11.4. The zero-order valence-corrected chi connectivity index (χ0v) is 16.6. The van der Waals surface area contributed by atoms with Crippen molar-refractivity contribution in [2.75, 3.05) is 19.4 Å². The zero-order chi connectivity index (χ0) is 28.6. The Labute approximate surface area is 191 Å². The van der Waals surface area contributed by atoms with Crippen LogP contribution in [0.5, 0.6) is 5.75 Å². The number of aryl methyl sites for hydroxylation is 1. The number of rotatable bonds is 6. The van der Waals surface area contributed by atoms with E-state index in [0.29, 0.717) is 11.3 Å². The van der Waals surface area contributed by atoms with Crippen molar-refractivity contribution in [1.82, 2.24) is 10.5 Å². The first kappa shape index (κ1) is 16.2. The van der Waals surface area contributed by atoms with Gasteiger partial charge in [0, 0.05) is 0 Å². The van der Waals surface area contributed by atoms with Crippen LogP contribution in [0.3, 0.4) is 0 Å². The molecule has 3 rings (SSSR count). The molecule has 0 aliphatic heterocycles. The van der Waals surface area contributed by atoms with Crippen molar-refractivity contribution in [2.45, 2.75) is 6.92 Å². The third-order valence-electron chi connectivity index (χ3n) is 4.04. The Bertz CT molecular complexity index is 1390. The SMILES string of the molecule is [2H]C([2H])([2H])ONC(=O)c1sc(C)nc1C(=O)Nc1c(F)c(F)c(-c2cccc(OC([2H])([2H])[2H])c2)c(F)c1F. The summed E-state index contributed by atoms with van der Waals surface area (Å²) in [5.41, 5.74) is -2.39. The molecule has 0 bridgehead atoms. The molecular formula is C20H15F4N3O4S. The summed E-state index contributed by atoms with van der Waals surface area (Å²) >= 11 is 0.596. The van der Waals surface area contributed by atoms with Crippen LogP contribution in [0, 0.1) is 30.2 Å². The molecule has 0 unspecified atom stereocenters. The molecule has 1 aromatic heterocycles. The second kappa shape index (κ2) is 9.32. The van der Waals surface area contributed by atoms with Crippen molar-refractivity contribution < 1.29 is 44.9 Å². The molecule has 3 aromatic rings. The van der Waals surface area contributed by atoms with Gasteiger partial charge in [0.25, 0.3) is 11.8 Å². The summed E-state index contributed by atoms with van der Waals surface area (Å²) in [6, 6.07) is 4.15. The molecular weight excluding hydrogens is 454 g/mol. The molecule has 168 valence electrons. The minimum absolute atomic E-state index is 0.0991. The number of nitrogens with zero attached hydrogens (tertiary/aromatic N) is 1. The van der Waals surface area contributed by atoms with Gasteiger partial charge in [0.05, 0.1) is 32.9 Å². The first-order chi connectivity index (χ1) is 17.5. The average molecular weight is 475 g/mol. The van der Waals surface area contributed by atoms with E-state index in [4.69, 9.17) is 8.22 Å². The van der Waals surface area contributed by atoms with Gasteiger partial charge >= 0.3 is 0 Å². The number of methoxy groups -OCH3 is 1. The Morgan fingerprint density at radius 1 is 1.06 bits per heavy atom. The molecule has 1 heterocycles. The molecule has 2 aromatic carbocycles. The van der Waals surface area contributed by atoms with Crippen LogP contribution in [0.4, 0.5) is 23.2 Å². The molecule has 32 heavy (non-hydrogen) atoms.